The van der Waals surface area contributed by atoms with E-state index in [4.69, 9.17) is 19.3 Å². The van der Waals surface area contributed by atoms with E-state index in [1.807, 2.05) is 23.9 Å². The lowest BCUT2D eigenvalue weighted by molar-refractivity contribution is 0.00503. The fourth-order valence-corrected chi connectivity index (χ4v) is 6.40. The first kappa shape index (κ1) is 33.2. The summed E-state index contributed by atoms with van der Waals surface area (Å²) in [4.78, 5) is 11.6. The van der Waals surface area contributed by atoms with Gasteiger partial charge in [0.05, 0.1) is 43.3 Å². The van der Waals surface area contributed by atoms with Gasteiger partial charge in [-0.1, -0.05) is 6.07 Å². The van der Waals surface area contributed by atoms with E-state index in [9.17, 15) is 13.7 Å². The number of rotatable bonds is 13. The van der Waals surface area contributed by atoms with Crippen molar-refractivity contribution in [2.75, 3.05) is 50.2 Å². The van der Waals surface area contributed by atoms with Crippen LogP contribution < -0.4 is 14.8 Å². The summed E-state index contributed by atoms with van der Waals surface area (Å²) in [6.45, 7) is 5.80. The zero-order valence-electron chi connectivity index (χ0n) is 27.0. The number of nitriles is 1. The third-order valence-electron chi connectivity index (χ3n) is 8.49. The molecule has 6 rings (SSSR count). The highest BCUT2D eigenvalue weighted by atomic mass is 32.2. The van der Waals surface area contributed by atoms with Gasteiger partial charge in [0, 0.05) is 43.3 Å². The van der Waals surface area contributed by atoms with Gasteiger partial charge in [0.25, 0.3) is 5.88 Å². The lowest BCUT2D eigenvalue weighted by Gasteiger charge is -2.38. The number of tetrazole rings is 1. The summed E-state index contributed by atoms with van der Waals surface area (Å²) in [6.07, 6.45) is 11.7. The van der Waals surface area contributed by atoms with Gasteiger partial charge in [0.1, 0.15) is 36.5 Å². The Labute approximate surface area is 278 Å². The van der Waals surface area contributed by atoms with Crippen LogP contribution in [0.1, 0.15) is 44.2 Å². The minimum absolute atomic E-state index is 0.0223. The van der Waals surface area contributed by atoms with Crippen LogP contribution in [0.5, 0.6) is 11.6 Å². The molecule has 254 valence electrons. The number of nitrogens with zero attached hydrogens (tertiary/aromatic N) is 10. The van der Waals surface area contributed by atoms with Crippen molar-refractivity contribution in [1.82, 2.24) is 44.9 Å². The quantitative estimate of drug-likeness (QED) is 0.217. The maximum absolute atomic E-state index is 11.7. The molecule has 1 aliphatic carbocycles. The van der Waals surface area contributed by atoms with Gasteiger partial charge in [-0.25, -0.2) is 23.1 Å². The Morgan fingerprint density at radius 3 is 2.54 bits per heavy atom. The highest BCUT2D eigenvalue weighted by molar-refractivity contribution is 7.90. The van der Waals surface area contributed by atoms with Crippen LogP contribution in [-0.2, 0) is 21.1 Å². The van der Waals surface area contributed by atoms with Crippen molar-refractivity contribution in [2.24, 2.45) is 0 Å². The molecule has 0 spiro atoms. The van der Waals surface area contributed by atoms with Gasteiger partial charge in [-0.05, 0) is 60.7 Å². The van der Waals surface area contributed by atoms with E-state index in [-0.39, 0.29) is 24.5 Å². The Kier molecular flexibility index (Phi) is 10.4. The number of aromatic nitrogens is 8. The molecule has 1 saturated heterocycles. The first-order valence-corrected chi connectivity index (χ1v) is 18.0. The number of anilines is 2. The van der Waals surface area contributed by atoms with Gasteiger partial charge in [-0.2, -0.15) is 5.26 Å². The Hall–Kier alpha value is -4.66. The number of hydrogen-bond donors (Lipinski definition) is 1. The Morgan fingerprint density at radius 1 is 1.10 bits per heavy atom. The Balaban J connectivity index is 1.15. The van der Waals surface area contributed by atoms with Crippen LogP contribution in [0.25, 0.3) is 11.1 Å². The van der Waals surface area contributed by atoms with Crippen molar-refractivity contribution in [3.63, 3.8) is 0 Å². The molecule has 16 nitrogen and oxygen atoms in total. The van der Waals surface area contributed by atoms with Crippen LogP contribution in [0, 0.1) is 11.3 Å². The molecule has 0 unspecified atom stereocenters. The summed E-state index contributed by atoms with van der Waals surface area (Å²) in [5.41, 5.74) is 2.45. The SMILES string of the molecule is C[C@@H](Cn1cnnn1)Oc1cc(-c2cnc(Nc3cn(C4CCC(N5CCOCC5)CC4)nc3OCCS(C)(=O)=O)nc2)ccc1C#N. The molecule has 1 atom stereocenters. The predicted octanol–water partition coefficient (Wildman–Crippen LogP) is 2.65. The third-order valence-corrected chi connectivity index (χ3v) is 9.40. The second-order valence-electron chi connectivity index (χ2n) is 12.1. The third kappa shape index (κ3) is 8.62. The molecule has 0 bridgehead atoms. The zero-order valence-corrected chi connectivity index (χ0v) is 27.8. The molecule has 4 aromatic rings. The number of morpholine rings is 1. The molecule has 4 heterocycles. The van der Waals surface area contributed by atoms with Crippen LogP contribution in [0.3, 0.4) is 0 Å². The molecule has 3 aromatic heterocycles. The molecular weight excluding hydrogens is 638 g/mol. The van der Waals surface area contributed by atoms with Crippen molar-refractivity contribution in [3.05, 3.63) is 48.7 Å². The predicted molar refractivity (Wildman–Crippen MR) is 174 cm³/mol. The molecule has 48 heavy (non-hydrogen) atoms. The highest BCUT2D eigenvalue weighted by Gasteiger charge is 2.29. The number of ether oxygens (including phenoxy) is 3. The molecular formula is C31H39N11O5S. The largest absolute Gasteiger partial charge is 0.487 e. The smallest absolute Gasteiger partial charge is 0.256 e. The van der Waals surface area contributed by atoms with E-state index in [2.05, 4.69) is 41.8 Å². The van der Waals surface area contributed by atoms with Gasteiger partial charge in [0.15, 0.2) is 9.84 Å². The normalized spacial score (nSPS) is 19.4. The summed E-state index contributed by atoms with van der Waals surface area (Å²) in [6, 6.07) is 8.22. The van der Waals surface area contributed by atoms with Gasteiger partial charge in [-0.3, -0.25) is 9.58 Å². The first-order chi connectivity index (χ1) is 23.2. The molecule has 1 saturated carbocycles. The van der Waals surface area contributed by atoms with Crippen LogP contribution in [0.15, 0.2) is 43.1 Å². The van der Waals surface area contributed by atoms with Crippen molar-refractivity contribution in [1.29, 1.82) is 5.26 Å². The van der Waals surface area contributed by atoms with Crippen molar-refractivity contribution >= 4 is 21.5 Å². The monoisotopic (exact) mass is 677 g/mol. The second-order valence-corrected chi connectivity index (χ2v) is 14.4. The summed E-state index contributed by atoms with van der Waals surface area (Å²) in [7, 11) is -3.21. The van der Waals surface area contributed by atoms with Gasteiger partial charge in [0.2, 0.25) is 5.95 Å². The number of nitrogens with one attached hydrogen (secondary N) is 1. The fraction of sp³-hybridized carbons (Fsp3) is 0.516. The van der Waals surface area contributed by atoms with E-state index < -0.39 is 9.84 Å². The topological polar surface area (TPSA) is 188 Å². The summed E-state index contributed by atoms with van der Waals surface area (Å²) >= 11 is 0. The maximum atomic E-state index is 11.7. The second kappa shape index (κ2) is 15.0. The lowest BCUT2D eigenvalue weighted by atomic mass is 9.90. The van der Waals surface area contributed by atoms with E-state index in [0.29, 0.717) is 41.4 Å². The van der Waals surface area contributed by atoms with Crippen molar-refractivity contribution < 1.29 is 22.6 Å². The van der Waals surface area contributed by atoms with Gasteiger partial charge < -0.3 is 19.5 Å². The molecule has 0 radical (unpaired) electrons. The van der Waals surface area contributed by atoms with Crippen molar-refractivity contribution in [3.8, 4) is 28.8 Å². The molecule has 1 N–H and O–H groups in total. The van der Waals surface area contributed by atoms with E-state index in [1.54, 1.807) is 29.2 Å². The molecule has 17 heteroatoms. The minimum Gasteiger partial charge on any atom is -0.487 e. The summed E-state index contributed by atoms with van der Waals surface area (Å²) in [5.74, 6) is 0.927. The summed E-state index contributed by atoms with van der Waals surface area (Å²) < 4.78 is 44.4. The van der Waals surface area contributed by atoms with Crippen LogP contribution in [-0.4, -0.2) is 110 Å². The minimum atomic E-state index is -3.21. The maximum Gasteiger partial charge on any atom is 0.256 e. The number of hydrogen-bond acceptors (Lipinski definition) is 14. The van der Waals surface area contributed by atoms with E-state index >= 15 is 0 Å². The Morgan fingerprint density at radius 2 is 1.85 bits per heavy atom. The highest BCUT2D eigenvalue weighted by Crippen LogP contribution is 2.35. The summed E-state index contributed by atoms with van der Waals surface area (Å²) in [5, 5.41) is 28.7. The average molecular weight is 678 g/mol. The van der Waals surface area contributed by atoms with Gasteiger partial charge in [-0.15, -0.1) is 10.2 Å². The fourth-order valence-electron chi connectivity index (χ4n) is 6.01. The number of benzene rings is 1. The molecule has 2 fully saturated rings. The Bertz CT molecular complexity index is 1800. The van der Waals surface area contributed by atoms with E-state index in [1.165, 1.54) is 12.6 Å². The van der Waals surface area contributed by atoms with E-state index in [0.717, 1.165) is 63.1 Å². The van der Waals surface area contributed by atoms with Crippen LogP contribution >= 0.6 is 0 Å². The van der Waals surface area contributed by atoms with Crippen LogP contribution in [0.4, 0.5) is 11.6 Å². The standard InChI is InChI=1S/C31H39N11O5S/c1-22(19-41-21-35-38-39-41)47-29-15-23(3-4-24(29)16-32)25-17-33-31(34-18-25)36-28-20-42(37-30(28)46-13-14-48(2,43)44)27-7-5-26(6-8-27)40-9-11-45-12-10-40/h3-4,15,17-18,20-22,26-27H,5-14,19H2,1-2H3,(H,33,34,36)/t22-,26?,27?/m0/s1. The molecule has 2 aliphatic rings. The van der Waals surface area contributed by atoms with Crippen LogP contribution in [0.2, 0.25) is 0 Å². The first-order valence-electron chi connectivity index (χ1n) is 16.0. The molecule has 1 aromatic carbocycles. The molecule has 0 amide bonds. The molecule has 1 aliphatic heterocycles. The zero-order chi connectivity index (χ0) is 33.5. The van der Waals surface area contributed by atoms with Gasteiger partial charge >= 0.3 is 0 Å². The average Bonchev–Trinajstić information content (AvgIpc) is 3.75. The lowest BCUT2D eigenvalue weighted by Crippen LogP contribution is -2.45. The number of sulfone groups is 1. The van der Waals surface area contributed by atoms with Crippen molar-refractivity contribution in [2.45, 2.75) is 57.3 Å².